The largest absolute Gasteiger partial charge is 0.491 e. The number of Topliss-reactive ketones (excluding diaryl/α,β-unsaturated/α-hetero) is 1. The zero-order chi connectivity index (χ0) is 14.3. The summed E-state index contributed by atoms with van der Waals surface area (Å²) < 4.78 is 5.61. The van der Waals surface area contributed by atoms with Crippen molar-refractivity contribution in [2.24, 2.45) is 23.5 Å². The summed E-state index contributed by atoms with van der Waals surface area (Å²) in [5.74, 6) is 2.15. The Labute approximate surface area is 120 Å². The Balaban J connectivity index is 1.74. The Hall–Kier alpha value is -1.35. The molecule has 4 unspecified atom stereocenters. The first-order valence-electron chi connectivity index (χ1n) is 7.63. The number of hydrogen-bond donors (Lipinski definition) is 1. The molecule has 2 saturated carbocycles. The van der Waals surface area contributed by atoms with Crippen molar-refractivity contribution in [3.05, 3.63) is 29.8 Å². The van der Waals surface area contributed by atoms with Crippen molar-refractivity contribution in [2.75, 3.05) is 0 Å². The van der Waals surface area contributed by atoms with Crippen molar-refractivity contribution in [2.45, 2.75) is 45.3 Å². The van der Waals surface area contributed by atoms with E-state index in [0.29, 0.717) is 11.8 Å². The Kier molecular flexibility index (Phi) is 3.55. The van der Waals surface area contributed by atoms with Crippen LogP contribution in [0, 0.1) is 17.8 Å². The summed E-state index contributed by atoms with van der Waals surface area (Å²) in [5.41, 5.74) is 7.03. The highest BCUT2D eigenvalue weighted by atomic mass is 16.5. The molecule has 3 heteroatoms. The molecular weight excluding hydrogens is 250 g/mol. The van der Waals surface area contributed by atoms with E-state index in [1.54, 1.807) is 0 Å². The predicted octanol–water partition coefficient (Wildman–Crippen LogP) is 3.03. The zero-order valence-electron chi connectivity index (χ0n) is 12.2. The summed E-state index contributed by atoms with van der Waals surface area (Å²) in [6.45, 7) is 3.99. The van der Waals surface area contributed by atoms with Gasteiger partial charge >= 0.3 is 0 Å². The van der Waals surface area contributed by atoms with Crippen molar-refractivity contribution >= 4 is 5.78 Å². The van der Waals surface area contributed by atoms with Crippen LogP contribution >= 0.6 is 0 Å². The number of nitrogens with two attached hydrogens (primary N) is 1. The first-order chi connectivity index (χ1) is 9.56. The standard InChI is InChI=1S/C17H23NO2/c1-10(2)20-14-7-5-11(6-8-14)17(19)15-12-3-4-13(9-12)16(15)18/h5-8,10,12-13,15-16H,3-4,9,18H2,1-2H3. The highest BCUT2D eigenvalue weighted by Gasteiger charge is 2.48. The molecule has 2 N–H and O–H groups in total. The zero-order valence-corrected chi connectivity index (χ0v) is 12.2. The fourth-order valence-electron chi connectivity index (χ4n) is 3.89. The second-order valence-corrected chi connectivity index (χ2v) is 6.49. The van der Waals surface area contributed by atoms with E-state index in [0.717, 1.165) is 17.7 Å². The van der Waals surface area contributed by atoms with Crippen molar-refractivity contribution in [3.8, 4) is 5.75 Å². The number of carbonyl (C=O) groups excluding carboxylic acids is 1. The fraction of sp³-hybridized carbons (Fsp3) is 0.588. The number of benzene rings is 1. The van der Waals surface area contributed by atoms with E-state index in [9.17, 15) is 4.79 Å². The molecule has 0 heterocycles. The van der Waals surface area contributed by atoms with E-state index in [1.165, 1.54) is 12.8 Å². The average molecular weight is 273 g/mol. The molecule has 2 aliphatic rings. The summed E-state index contributed by atoms with van der Waals surface area (Å²) in [6, 6.07) is 7.57. The normalized spacial score (nSPS) is 31.8. The number of rotatable bonds is 4. The van der Waals surface area contributed by atoms with E-state index in [-0.39, 0.29) is 23.8 Å². The third kappa shape index (κ3) is 2.35. The van der Waals surface area contributed by atoms with E-state index in [4.69, 9.17) is 10.5 Å². The first kappa shape index (κ1) is 13.6. The van der Waals surface area contributed by atoms with Crippen molar-refractivity contribution in [1.82, 2.24) is 0 Å². The van der Waals surface area contributed by atoms with E-state index in [2.05, 4.69) is 0 Å². The minimum absolute atomic E-state index is 0.0330. The molecule has 108 valence electrons. The van der Waals surface area contributed by atoms with Crippen LogP contribution in [0.4, 0.5) is 0 Å². The van der Waals surface area contributed by atoms with Crippen LogP contribution in [0.1, 0.15) is 43.5 Å². The molecular formula is C17H23NO2. The lowest BCUT2D eigenvalue weighted by Crippen LogP contribution is -2.40. The lowest BCUT2D eigenvalue weighted by atomic mass is 9.80. The van der Waals surface area contributed by atoms with Crippen molar-refractivity contribution in [3.63, 3.8) is 0 Å². The maximum atomic E-state index is 12.7. The molecule has 3 rings (SSSR count). The summed E-state index contributed by atoms with van der Waals surface area (Å²) in [7, 11) is 0. The third-order valence-electron chi connectivity index (χ3n) is 4.79. The topological polar surface area (TPSA) is 52.3 Å². The van der Waals surface area contributed by atoms with Gasteiger partial charge in [-0.25, -0.2) is 0 Å². The van der Waals surface area contributed by atoms with Crippen molar-refractivity contribution < 1.29 is 9.53 Å². The van der Waals surface area contributed by atoms with Gasteiger partial charge in [0.05, 0.1) is 6.10 Å². The van der Waals surface area contributed by atoms with Crippen LogP contribution in [0.3, 0.4) is 0 Å². The molecule has 2 aliphatic carbocycles. The smallest absolute Gasteiger partial charge is 0.167 e. The van der Waals surface area contributed by atoms with Crippen LogP contribution in [0.15, 0.2) is 24.3 Å². The number of carbonyl (C=O) groups is 1. The molecule has 4 atom stereocenters. The minimum atomic E-state index is 0.0330. The van der Waals surface area contributed by atoms with Gasteiger partial charge in [0.15, 0.2) is 5.78 Å². The number of hydrogen-bond acceptors (Lipinski definition) is 3. The van der Waals surface area contributed by atoms with Crippen molar-refractivity contribution in [1.29, 1.82) is 0 Å². The Morgan fingerprint density at radius 1 is 1.20 bits per heavy atom. The number of ketones is 1. The molecule has 1 aromatic rings. The maximum absolute atomic E-state index is 12.7. The van der Waals surface area contributed by atoms with Gasteiger partial charge in [0.1, 0.15) is 5.75 Å². The van der Waals surface area contributed by atoms with Crippen LogP contribution in [0.25, 0.3) is 0 Å². The van der Waals surface area contributed by atoms with Crippen LogP contribution < -0.4 is 10.5 Å². The Morgan fingerprint density at radius 2 is 1.85 bits per heavy atom. The molecule has 2 bridgehead atoms. The maximum Gasteiger partial charge on any atom is 0.167 e. The number of ether oxygens (including phenoxy) is 1. The molecule has 2 fully saturated rings. The van der Waals surface area contributed by atoms with Crippen LogP contribution in [0.2, 0.25) is 0 Å². The van der Waals surface area contributed by atoms with E-state index in [1.807, 2.05) is 38.1 Å². The molecule has 3 nitrogen and oxygen atoms in total. The van der Waals surface area contributed by atoms with Gasteiger partial charge in [0.2, 0.25) is 0 Å². The quantitative estimate of drug-likeness (QED) is 0.858. The molecule has 0 radical (unpaired) electrons. The molecule has 0 amide bonds. The Morgan fingerprint density at radius 3 is 2.40 bits per heavy atom. The van der Waals surface area contributed by atoms with E-state index < -0.39 is 0 Å². The molecule has 20 heavy (non-hydrogen) atoms. The van der Waals surface area contributed by atoms with Crippen LogP contribution in [0.5, 0.6) is 5.75 Å². The second kappa shape index (κ2) is 5.21. The van der Waals surface area contributed by atoms with Gasteiger partial charge in [-0.1, -0.05) is 0 Å². The molecule has 0 aromatic heterocycles. The summed E-state index contributed by atoms with van der Waals surface area (Å²) >= 11 is 0. The summed E-state index contributed by atoms with van der Waals surface area (Å²) in [5, 5.41) is 0. The summed E-state index contributed by atoms with van der Waals surface area (Å²) in [4.78, 5) is 12.7. The molecule has 0 aliphatic heterocycles. The van der Waals surface area contributed by atoms with Gasteiger partial charge in [-0.15, -0.1) is 0 Å². The highest BCUT2D eigenvalue weighted by molar-refractivity contribution is 5.99. The van der Waals surface area contributed by atoms with E-state index >= 15 is 0 Å². The average Bonchev–Trinajstić information content (AvgIpc) is 2.99. The van der Waals surface area contributed by atoms with Gasteiger partial charge in [-0.05, 0) is 69.2 Å². The second-order valence-electron chi connectivity index (χ2n) is 6.49. The molecule has 1 aromatic carbocycles. The van der Waals surface area contributed by atoms with Crippen LogP contribution in [-0.4, -0.2) is 17.9 Å². The summed E-state index contributed by atoms with van der Waals surface area (Å²) in [6.07, 6.45) is 3.67. The lowest BCUT2D eigenvalue weighted by Gasteiger charge is -2.26. The predicted molar refractivity (Wildman–Crippen MR) is 78.8 cm³/mol. The van der Waals surface area contributed by atoms with Gasteiger partial charge in [0.25, 0.3) is 0 Å². The minimum Gasteiger partial charge on any atom is -0.491 e. The molecule has 0 saturated heterocycles. The van der Waals surface area contributed by atoms with Gasteiger partial charge < -0.3 is 10.5 Å². The van der Waals surface area contributed by atoms with Gasteiger partial charge in [-0.3, -0.25) is 4.79 Å². The fourth-order valence-corrected chi connectivity index (χ4v) is 3.89. The number of fused-ring (bicyclic) bond motifs is 2. The lowest BCUT2D eigenvalue weighted by molar-refractivity contribution is 0.0856. The SMILES string of the molecule is CC(C)Oc1ccc(C(=O)C2C3CCC(C3)C2N)cc1. The van der Waals surface area contributed by atoms with Gasteiger partial charge in [0, 0.05) is 17.5 Å². The Bertz CT molecular complexity index is 492. The van der Waals surface area contributed by atoms with Gasteiger partial charge in [-0.2, -0.15) is 0 Å². The van der Waals surface area contributed by atoms with Crippen LogP contribution in [-0.2, 0) is 0 Å². The first-order valence-corrected chi connectivity index (χ1v) is 7.63. The third-order valence-corrected chi connectivity index (χ3v) is 4.79. The highest BCUT2D eigenvalue weighted by Crippen LogP contribution is 2.48. The molecule has 0 spiro atoms. The monoisotopic (exact) mass is 273 g/mol.